The van der Waals surface area contributed by atoms with E-state index in [1.807, 2.05) is 73.7 Å². The number of aromatic nitrogens is 1. The van der Waals surface area contributed by atoms with Gasteiger partial charge in [-0.05, 0) is 55.5 Å². The topological polar surface area (TPSA) is 42.0 Å². The van der Waals surface area contributed by atoms with Crippen molar-refractivity contribution in [3.8, 4) is 0 Å². The van der Waals surface area contributed by atoms with Crippen LogP contribution < -0.4 is 5.32 Å². The molecule has 0 saturated heterocycles. The Balaban J connectivity index is 1.45. The highest BCUT2D eigenvalue weighted by atomic mass is 32.2. The third kappa shape index (κ3) is 3.79. The van der Waals surface area contributed by atoms with Crippen molar-refractivity contribution in [2.75, 3.05) is 5.32 Å². The molecule has 4 rings (SSSR count). The highest BCUT2D eigenvalue weighted by Gasteiger charge is 2.08. The van der Waals surface area contributed by atoms with Crippen LogP contribution in [0.1, 0.15) is 15.9 Å². The second-order valence-corrected chi connectivity index (χ2v) is 8.25. The summed E-state index contributed by atoms with van der Waals surface area (Å²) in [5.41, 5.74) is 3.55. The van der Waals surface area contributed by atoms with Crippen LogP contribution in [0, 0.1) is 6.92 Å². The number of nitrogens with zero attached hydrogens (tertiary/aromatic N) is 1. The van der Waals surface area contributed by atoms with Gasteiger partial charge in [0.15, 0.2) is 4.34 Å². The van der Waals surface area contributed by atoms with Crippen molar-refractivity contribution >= 4 is 44.9 Å². The molecule has 5 heteroatoms. The second kappa shape index (κ2) is 7.32. The number of benzene rings is 3. The lowest BCUT2D eigenvalue weighted by Gasteiger charge is -2.06. The van der Waals surface area contributed by atoms with Crippen LogP contribution in [0.5, 0.6) is 0 Å². The van der Waals surface area contributed by atoms with Crippen molar-refractivity contribution in [2.45, 2.75) is 16.2 Å². The van der Waals surface area contributed by atoms with E-state index in [0.717, 1.165) is 26.0 Å². The van der Waals surface area contributed by atoms with Crippen molar-refractivity contribution in [3.05, 3.63) is 83.9 Å². The van der Waals surface area contributed by atoms with Gasteiger partial charge in [-0.15, -0.1) is 11.3 Å². The van der Waals surface area contributed by atoms with Gasteiger partial charge in [-0.1, -0.05) is 41.6 Å². The van der Waals surface area contributed by atoms with E-state index in [9.17, 15) is 4.79 Å². The number of anilines is 1. The zero-order valence-corrected chi connectivity index (χ0v) is 15.7. The molecule has 1 heterocycles. The number of carbonyl (C=O) groups is 1. The minimum atomic E-state index is -0.0970. The van der Waals surface area contributed by atoms with Crippen LogP contribution >= 0.6 is 23.1 Å². The molecule has 0 aliphatic heterocycles. The summed E-state index contributed by atoms with van der Waals surface area (Å²) in [6.07, 6.45) is 0. The summed E-state index contributed by atoms with van der Waals surface area (Å²) in [7, 11) is 0. The minimum absolute atomic E-state index is 0.0970. The number of hydrogen-bond acceptors (Lipinski definition) is 4. The van der Waals surface area contributed by atoms with Crippen LogP contribution in [0.4, 0.5) is 5.69 Å². The van der Waals surface area contributed by atoms with Gasteiger partial charge >= 0.3 is 0 Å². The Kier molecular flexibility index (Phi) is 4.73. The zero-order valence-electron chi connectivity index (χ0n) is 14.1. The number of rotatable bonds is 4. The van der Waals surface area contributed by atoms with Gasteiger partial charge < -0.3 is 5.32 Å². The third-order valence-electron chi connectivity index (χ3n) is 3.87. The standard InChI is InChI=1S/C21H16N2OS2/c1-14-5-4-6-15(13-14)20(24)22-16-9-11-17(12-10-16)25-21-23-18-7-2-3-8-19(18)26-21/h2-13H,1H3,(H,22,24). The third-order valence-corrected chi connectivity index (χ3v) is 5.98. The number of nitrogens with one attached hydrogen (secondary N) is 1. The first-order valence-corrected chi connectivity index (χ1v) is 9.82. The first-order chi connectivity index (χ1) is 12.7. The maximum Gasteiger partial charge on any atom is 0.255 e. The van der Waals surface area contributed by atoms with E-state index in [4.69, 9.17) is 0 Å². The molecule has 128 valence electrons. The smallest absolute Gasteiger partial charge is 0.255 e. The number of aryl methyl sites for hydroxylation is 1. The zero-order chi connectivity index (χ0) is 17.9. The number of amides is 1. The molecule has 3 nitrogen and oxygen atoms in total. The fourth-order valence-corrected chi connectivity index (χ4v) is 4.63. The van der Waals surface area contributed by atoms with Gasteiger partial charge in [0.2, 0.25) is 0 Å². The highest BCUT2D eigenvalue weighted by Crippen LogP contribution is 2.34. The lowest BCUT2D eigenvalue weighted by atomic mass is 10.1. The average Bonchev–Trinajstić information content (AvgIpc) is 3.05. The molecule has 1 N–H and O–H groups in total. The molecule has 1 aromatic heterocycles. The normalized spacial score (nSPS) is 10.8. The molecule has 0 aliphatic carbocycles. The summed E-state index contributed by atoms with van der Waals surface area (Å²) in [4.78, 5) is 18.1. The molecule has 4 aromatic rings. The van der Waals surface area contributed by atoms with E-state index in [1.165, 1.54) is 4.70 Å². The Bertz CT molecular complexity index is 1040. The minimum Gasteiger partial charge on any atom is -0.322 e. The predicted octanol–water partition coefficient (Wildman–Crippen LogP) is 6.01. The molecule has 0 spiro atoms. The molecule has 26 heavy (non-hydrogen) atoms. The van der Waals surface area contributed by atoms with E-state index in [1.54, 1.807) is 23.1 Å². The Morgan fingerprint density at radius 2 is 1.81 bits per heavy atom. The average molecular weight is 377 g/mol. The van der Waals surface area contributed by atoms with Crippen LogP contribution in [0.2, 0.25) is 0 Å². The predicted molar refractivity (Wildman–Crippen MR) is 109 cm³/mol. The molecule has 1 amide bonds. The number of fused-ring (bicyclic) bond motifs is 1. The van der Waals surface area contributed by atoms with Crippen molar-refractivity contribution in [3.63, 3.8) is 0 Å². The fraction of sp³-hybridized carbons (Fsp3) is 0.0476. The van der Waals surface area contributed by atoms with Gasteiger partial charge in [0.25, 0.3) is 5.91 Å². The summed E-state index contributed by atoms with van der Waals surface area (Å²) in [6, 6.07) is 23.6. The number of carbonyl (C=O) groups excluding carboxylic acids is 1. The monoisotopic (exact) mass is 376 g/mol. The lowest BCUT2D eigenvalue weighted by molar-refractivity contribution is 0.102. The molecule has 0 bridgehead atoms. The summed E-state index contributed by atoms with van der Waals surface area (Å²) >= 11 is 3.32. The Hall–Kier alpha value is -2.63. The van der Waals surface area contributed by atoms with Crippen molar-refractivity contribution in [1.82, 2.24) is 4.98 Å². The van der Waals surface area contributed by atoms with Crippen LogP contribution in [0.15, 0.2) is 82.0 Å². The number of para-hydroxylation sites is 1. The van der Waals surface area contributed by atoms with Crippen LogP contribution in [0.25, 0.3) is 10.2 Å². The summed E-state index contributed by atoms with van der Waals surface area (Å²) in [5, 5.41) is 2.94. The van der Waals surface area contributed by atoms with Gasteiger partial charge in [0, 0.05) is 16.1 Å². The van der Waals surface area contributed by atoms with Crippen LogP contribution in [-0.2, 0) is 0 Å². The van der Waals surface area contributed by atoms with E-state index in [-0.39, 0.29) is 5.91 Å². The molecule has 0 unspecified atom stereocenters. The van der Waals surface area contributed by atoms with Gasteiger partial charge in [-0.2, -0.15) is 0 Å². The SMILES string of the molecule is Cc1cccc(C(=O)Nc2ccc(Sc3nc4ccccc4s3)cc2)c1. The van der Waals surface area contributed by atoms with Gasteiger partial charge in [0.1, 0.15) is 0 Å². The van der Waals surface area contributed by atoms with Crippen molar-refractivity contribution < 1.29 is 4.79 Å². The van der Waals surface area contributed by atoms with Gasteiger partial charge in [0.05, 0.1) is 10.2 Å². The summed E-state index contributed by atoms with van der Waals surface area (Å²) in [5.74, 6) is -0.0970. The molecule has 0 atom stereocenters. The first-order valence-electron chi connectivity index (χ1n) is 8.19. The highest BCUT2D eigenvalue weighted by molar-refractivity contribution is 8.01. The molecule has 0 radical (unpaired) electrons. The summed E-state index contributed by atoms with van der Waals surface area (Å²) < 4.78 is 2.21. The van der Waals surface area contributed by atoms with E-state index in [0.29, 0.717) is 5.56 Å². The Labute approximate surface area is 160 Å². The summed E-state index contributed by atoms with van der Waals surface area (Å²) in [6.45, 7) is 1.98. The Morgan fingerprint density at radius 1 is 1.00 bits per heavy atom. The quantitative estimate of drug-likeness (QED) is 0.474. The molecule has 0 fully saturated rings. The van der Waals surface area contributed by atoms with E-state index >= 15 is 0 Å². The molecule has 0 aliphatic rings. The fourth-order valence-electron chi connectivity index (χ4n) is 2.59. The lowest BCUT2D eigenvalue weighted by Crippen LogP contribution is -2.11. The largest absolute Gasteiger partial charge is 0.322 e. The van der Waals surface area contributed by atoms with Crippen LogP contribution in [0.3, 0.4) is 0 Å². The molecule has 3 aromatic carbocycles. The number of thiazole rings is 1. The Morgan fingerprint density at radius 3 is 2.58 bits per heavy atom. The van der Waals surface area contributed by atoms with Crippen LogP contribution in [-0.4, -0.2) is 10.9 Å². The molecule has 0 saturated carbocycles. The second-order valence-electron chi connectivity index (χ2n) is 5.90. The van der Waals surface area contributed by atoms with Crippen molar-refractivity contribution in [2.24, 2.45) is 0 Å². The molecular weight excluding hydrogens is 360 g/mol. The van der Waals surface area contributed by atoms with E-state index < -0.39 is 0 Å². The van der Waals surface area contributed by atoms with Gasteiger partial charge in [-0.3, -0.25) is 4.79 Å². The molecular formula is C21H16N2OS2. The van der Waals surface area contributed by atoms with Crippen molar-refractivity contribution in [1.29, 1.82) is 0 Å². The number of hydrogen-bond donors (Lipinski definition) is 1. The maximum absolute atomic E-state index is 12.3. The van der Waals surface area contributed by atoms with E-state index in [2.05, 4.69) is 16.4 Å². The maximum atomic E-state index is 12.3. The van der Waals surface area contributed by atoms with Gasteiger partial charge in [-0.25, -0.2) is 4.98 Å². The first kappa shape index (κ1) is 16.8.